The summed E-state index contributed by atoms with van der Waals surface area (Å²) in [6.07, 6.45) is 5.54. The molecule has 2 aliphatic rings. The van der Waals surface area contributed by atoms with Gasteiger partial charge in [-0.3, -0.25) is 0 Å². The summed E-state index contributed by atoms with van der Waals surface area (Å²) in [5.74, 6) is 0.978. The average molecular weight is 311 g/mol. The third kappa shape index (κ3) is 2.44. The average Bonchev–Trinajstić information content (AvgIpc) is 3.11. The second-order valence-electron chi connectivity index (χ2n) is 5.82. The molecule has 0 saturated heterocycles. The molecule has 0 bridgehead atoms. The molecule has 1 saturated carbocycles. The van der Waals surface area contributed by atoms with E-state index in [-0.39, 0.29) is 0 Å². The zero-order chi connectivity index (χ0) is 11.9. The van der Waals surface area contributed by atoms with Crippen LogP contribution in [-0.2, 0) is 6.42 Å². The standard InChI is InChI=1S/C15H19BrS/c1-15(10-16,12-6-7-12)9-13-8-11-4-2-3-5-14(11)17-13/h2-5,12-13H,6-10H2,1H3. The molecule has 2 heteroatoms. The topological polar surface area (TPSA) is 0 Å². The molecule has 17 heavy (non-hydrogen) atoms. The van der Waals surface area contributed by atoms with Crippen molar-refractivity contribution < 1.29 is 0 Å². The maximum Gasteiger partial charge on any atom is 0.0141 e. The SMILES string of the molecule is CC(CBr)(CC1Cc2ccccc2S1)C1CC1. The molecule has 92 valence electrons. The van der Waals surface area contributed by atoms with Gasteiger partial charge in [-0.2, -0.15) is 0 Å². The molecule has 0 aromatic heterocycles. The monoisotopic (exact) mass is 310 g/mol. The number of fused-ring (bicyclic) bond motifs is 1. The molecule has 2 unspecified atom stereocenters. The van der Waals surface area contributed by atoms with E-state index in [9.17, 15) is 0 Å². The highest BCUT2D eigenvalue weighted by Crippen LogP contribution is 2.52. The number of hydrogen-bond donors (Lipinski definition) is 0. The first-order valence-electron chi connectivity index (χ1n) is 6.52. The molecule has 2 atom stereocenters. The molecular formula is C15H19BrS. The second-order valence-corrected chi connectivity index (χ2v) is 7.72. The van der Waals surface area contributed by atoms with Crippen molar-refractivity contribution in [1.82, 2.24) is 0 Å². The minimum atomic E-state index is 0.527. The van der Waals surface area contributed by atoms with Gasteiger partial charge in [0.15, 0.2) is 0 Å². The molecule has 1 aliphatic heterocycles. The fraction of sp³-hybridized carbons (Fsp3) is 0.600. The van der Waals surface area contributed by atoms with Crippen LogP contribution in [0.15, 0.2) is 29.2 Å². The number of alkyl halides is 1. The van der Waals surface area contributed by atoms with Crippen molar-refractivity contribution in [2.24, 2.45) is 11.3 Å². The van der Waals surface area contributed by atoms with Gasteiger partial charge in [0.1, 0.15) is 0 Å². The number of rotatable bonds is 4. The Kier molecular flexibility index (Phi) is 3.29. The van der Waals surface area contributed by atoms with Crippen molar-refractivity contribution >= 4 is 27.7 Å². The molecule has 1 aromatic carbocycles. The van der Waals surface area contributed by atoms with E-state index in [2.05, 4.69) is 58.9 Å². The fourth-order valence-corrected chi connectivity index (χ4v) is 5.23. The van der Waals surface area contributed by atoms with Crippen LogP contribution in [0.5, 0.6) is 0 Å². The van der Waals surface area contributed by atoms with Crippen LogP contribution in [0.4, 0.5) is 0 Å². The third-order valence-electron chi connectivity index (χ3n) is 4.28. The van der Waals surface area contributed by atoms with Crippen molar-refractivity contribution in [1.29, 1.82) is 0 Å². The lowest BCUT2D eigenvalue weighted by atomic mass is 9.81. The van der Waals surface area contributed by atoms with Gasteiger partial charge in [-0.05, 0) is 48.6 Å². The lowest BCUT2D eigenvalue weighted by molar-refractivity contribution is 0.291. The zero-order valence-electron chi connectivity index (χ0n) is 10.3. The van der Waals surface area contributed by atoms with Gasteiger partial charge in [0.2, 0.25) is 0 Å². The predicted octanol–water partition coefficient (Wildman–Crippen LogP) is 4.90. The predicted molar refractivity (Wildman–Crippen MR) is 79.0 cm³/mol. The Bertz CT molecular complexity index is 388. The van der Waals surface area contributed by atoms with Gasteiger partial charge in [-0.15, -0.1) is 11.8 Å². The van der Waals surface area contributed by atoms with Crippen LogP contribution in [0, 0.1) is 11.3 Å². The van der Waals surface area contributed by atoms with Crippen molar-refractivity contribution in [3.8, 4) is 0 Å². The van der Waals surface area contributed by atoms with E-state index >= 15 is 0 Å². The van der Waals surface area contributed by atoms with E-state index in [0.29, 0.717) is 5.41 Å². The number of halogens is 1. The lowest BCUT2D eigenvalue weighted by Crippen LogP contribution is -2.26. The van der Waals surface area contributed by atoms with Crippen molar-refractivity contribution in [3.63, 3.8) is 0 Å². The first-order valence-corrected chi connectivity index (χ1v) is 8.52. The summed E-state index contributed by atoms with van der Waals surface area (Å²) >= 11 is 5.85. The highest BCUT2D eigenvalue weighted by atomic mass is 79.9. The lowest BCUT2D eigenvalue weighted by Gasteiger charge is -2.30. The van der Waals surface area contributed by atoms with Crippen molar-refractivity contribution in [3.05, 3.63) is 29.8 Å². The van der Waals surface area contributed by atoms with Crippen LogP contribution in [0.1, 0.15) is 31.7 Å². The van der Waals surface area contributed by atoms with E-state index in [4.69, 9.17) is 0 Å². The molecule has 0 N–H and O–H groups in total. The van der Waals surface area contributed by atoms with E-state index in [0.717, 1.165) is 16.5 Å². The Hall–Kier alpha value is 0.0500. The van der Waals surface area contributed by atoms with E-state index in [1.54, 1.807) is 5.56 Å². The Balaban J connectivity index is 1.68. The normalized spacial score (nSPS) is 26.6. The van der Waals surface area contributed by atoms with E-state index < -0.39 is 0 Å². The molecule has 1 aliphatic carbocycles. The largest absolute Gasteiger partial charge is 0.122 e. The minimum absolute atomic E-state index is 0.527. The maximum absolute atomic E-state index is 3.75. The Labute approximate surface area is 117 Å². The molecule has 0 radical (unpaired) electrons. The summed E-state index contributed by atoms with van der Waals surface area (Å²) in [6, 6.07) is 8.92. The van der Waals surface area contributed by atoms with Crippen LogP contribution in [-0.4, -0.2) is 10.6 Å². The first-order chi connectivity index (χ1) is 8.21. The van der Waals surface area contributed by atoms with Crippen LogP contribution < -0.4 is 0 Å². The summed E-state index contributed by atoms with van der Waals surface area (Å²) in [5.41, 5.74) is 2.09. The fourth-order valence-electron chi connectivity index (χ4n) is 3.00. The quantitative estimate of drug-likeness (QED) is 0.712. The van der Waals surface area contributed by atoms with Crippen LogP contribution >= 0.6 is 27.7 Å². The molecule has 0 spiro atoms. The van der Waals surface area contributed by atoms with Crippen molar-refractivity contribution in [2.75, 3.05) is 5.33 Å². The first kappa shape index (κ1) is 12.1. The van der Waals surface area contributed by atoms with Gasteiger partial charge in [-0.1, -0.05) is 41.1 Å². The highest BCUT2D eigenvalue weighted by molar-refractivity contribution is 9.09. The number of thioether (sulfide) groups is 1. The summed E-state index contributed by atoms with van der Waals surface area (Å²) < 4.78 is 0. The summed E-state index contributed by atoms with van der Waals surface area (Å²) in [5, 5.41) is 1.97. The molecule has 1 fully saturated rings. The van der Waals surface area contributed by atoms with Crippen molar-refractivity contribution in [2.45, 2.75) is 42.8 Å². The molecule has 3 rings (SSSR count). The van der Waals surface area contributed by atoms with Crippen LogP contribution in [0.2, 0.25) is 0 Å². The number of benzene rings is 1. The van der Waals surface area contributed by atoms with Gasteiger partial charge in [0.05, 0.1) is 0 Å². The van der Waals surface area contributed by atoms with E-state index in [1.165, 1.54) is 30.6 Å². The summed E-state index contributed by atoms with van der Waals surface area (Å²) in [4.78, 5) is 1.52. The number of hydrogen-bond acceptors (Lipinski definition) is 1. The van der Waals surface area contributed by atoms with E-state index in [1.807, 2.05) is 0 Å². The zero-order valence-corrected chi connectivity index (χ0v) is 12.7. The highest BCUT2D eigenvalue weighted by Gasteiger charge is 2.42. The third-order valence-corrected chi connectivity index (χ3v) is 6.88. The minimum Gasteiger partial charge on any atom is -0.122 e. The molecule has 0 amide bonds. The smallest absolute Gasteiger partial charge is 0.0141 e. The second kappa shape index (κ2) is 4.62. The molecule has 1 aromatic rings. The van der Waals surface area contributed by atoms with Crippen LogP contribution in [0.25, 0.3) is 0 Å². The van der Waals surface area contributed by atoms with Gasteiger partial charge < -0.3 is 0 Å². The Morgan fingerprint density at radius 3 is 2.76 bits per heavy atom. The van der Waals surface area contributed by atoms with Gasteiger partial charge >= 0.3 is 0 Å². The Morgan fingerprint density at radius 1 is 1.35 bits per heavy atom. The maximum atomic E-state index is 3.75. The van der Waals surface area contributed by atoms with Gasteiger partial charge in [0, 0.05) is 15.5 Å². The molecule has 1 heterocycles. The summed E-state index contributed by atoms with van der Waals surface area (Å²) in [6.45, 7) is 2.48. The Morgan fingerprint density at radius 2 is 2.12 bits per heavy atom. The summed E-state index contributed by atoms with van der Waals surface area (Å²) in [7, 11) is 0. The van der Waals surface area contributed by atoms with Crippen LogP contribution in [0.3, 0.4) is 0 Å². The molecular weight excluding hydrogens is 292 g/mol. The van der Waals surface area contributed by atoms with Gasteiger partial charge in [0.25, 0.3) is 0 Å². The van der Waals surface area contributed by atoms with Gasteiger partial charge in [-0.25, -0.2) is 0 Å². The molecule has 0 nitrogen and oxygen atoms in total.